The van der Waals surface area contributed by atoms with Crippen molar-refractivity contribution in [2.45, 2.75) is 0 Å². The number of halogens is 1. The van der Waals surface area contributed by atoms with Crippen LogP contribution in [0, 0.1) is 0 Å². The molecule has 3 aromatic carbocycles. The SMILES string of the molecule is Oc1ccc(O)c(Cl)c1.Oc1ccc(O)cc1.Oc1ccccc1O. The van der Waals surface area contributed by atoms with Gasteiger partial charge in [0.05, 0.1) is 5.02 Å². The minimum atomic E-state index is -0.0764. The Kier molecular flexibility index (Phi) is 7.75. The summed E-state index contributed by atoms with van der Waals surface area (Å²) in [5.41, 5.74) is 0. The highest BCUT2D eigenvalue weighted by atomic mass is 35.5. The van der Waals surface area contributed by atoms with E-state index in [1.54, 1.807) is 12.1 Å². The molecule has 7 heteroatoms. The molecular weight excluding hydrogens is 348 g/mol. The molecule has 6 N–H and O–H groups in total. The summed E-state index contributed by atoms with van der Waals surface area (Å²) in [4.78, 5) is 0. The summed E-state index contributed by atoms with van der Waals surface area (Å²) in [7, 11) is 0. The summed E-state index contributed by atoms with van der Waals surface area (Å²) >= 11 is 5.40. The number of hydrogen-bond acceptors (Lipinski definition) is 6. The fourth-order valence-corrected chi connectivity index (χ4v) is 1.59. The lowest BCUT2D eigenvalue weighted by Crippen LogP contribution is -1.66. The van der Waals surface area contributed by atoms with Gasteiger partial charge in [0.15, 0.2) is 11.5 Å². The number of aromatic hydroxyl groups is 6. The van der Waals surface area contributed by atoms with Gasteiger partial charge >= 0.3 is 0 Å². The van der Waals surface area contributed by atoms with Gasteiger partial charge in [-0.1, -0.05) is 23.7 Å². The fourth-order valence-electron chi connectivity index (χ4n) is 1.41. The first-order chi connectivity index (χ1) is 11.8. The molecule has 0 radical (unpaired) electrons. The van der Waals surface area contributed by atoms with Crippen molar-refractivity contribution in [2.24, 2.45) is 0 Å². The number of para-hydroxylation sites is 2. The number of rotatable bonds is 0. The zero-order valence-corrected chi connectivity index (χ0v) is 13.7. The lowest BCUT2D eigenvalue weighted by atomic mass is 10.3. The Morgan fingerprint density at radius 3 is 1.20 bits per heavy atom. The zero-order valence-electron chi connectivity index (χ0n) is 12.9. The van der Waals surface area contributed by atoms with E-state index in [9.17, 15) is 0 Å². The second kappa shape index (κ2) is 9.79. The van der Waals surface area contributed by atoms with Crippen LogP contribution in [0.3, 0.4) is 0 Å². The van der Waals surface area contributed by atoms with E-state index in [1.807, 2.05) is 0 Å². The summed E-state index contributed by atoms with van der Waals surface area (Å²) < 4.78 is 0. The van der Waals surface area contributed by atoms with Crippen LogP contribution in [0.1, 0.15) is 0 Å². The normalized spacial score (nSPS) is 9.16. The number of hydrogen-bond donors (Lipinski definition) is 6. The molecule has 3 aromatic rings. The van der Waals surface area contributed by atoms with Crippen LogP contribution in [0.25, 0.3) is 0 Å². The molecule has 0 aliphatic heterocycles. The van der Waals surface area contributed by atoms with Crippen LogP contribution < -0.4 is 0 Å². The maximum atomic E-state index is 8.80. The topological polar surface area (TPSA) is 121 Å². The van der Waals surface area contributed by atoms with E-state index in [-0.39, 0.29) is 39.5 Å². The van der Waals surface area contributed by atoms with Gasteiger partial charge in [0.1, 0.15) is 23.0 Å². The van der Waals surface area contributed by atoms with Gasteiger partial charge in [0.2, 0.25) is 0 Å². The van der Waals surface area contributed by atoms with Crippen LogP contribution in [0.4, 0.5) is 0 Å². The second-order valence-corrected chi connectivity index (χ2v) is 5.05. The van der Waals surface area contributed by atoms with Gasteiger partial charge < -0.3 is 30.6 Å². The monoisotopic (exact) mass is 364 g/mol. The van der Waals surface area contributed by atoms with E-state index < -0.39 is 0 Å². The Hall–Kier alpha value is -3.25. The van der Waals surface area contributed by atoms with Crippen molar-refractivity contribution in [3.8, 4) is 34.5 Å². The van der Waals surface area contributed by atoms with Crippen molar-refractivity contribution in [1.82, 2.24) is 0 Å². The van der Waals surface area contributed by atoms with Crippen molar-refractivity contribution in [1.29, 1.82) is 0 Å². The maximum absolute atomic E-state index is 8.80. The van der Waals surface area contributed by atoms with Crippen LogP contribution in [0.15, 0.2) is 66.7 Å². The molecule has 0 bridgehead atoms. The lowest BCUT2D eigenvalue weighted by Gasteiger charge is -1.94. The van der Waals surface area contributed by atoms with Gasteiger partial charge in [-0.3, -0.25) is 0 Å². The first-order valence-electron chi connectivity index (χ1n) is 6.92. The van der Waals surface area contributed by atoms with Crippen LogP contribution in [0.5, 0.6) is 34.5 Å². The first kappa shape index (κ1) is 19.8. The molecule has 0 aliphatic carbocycles. The third kappa shape index (κ3) is 7.71. The van der Waals surface area contributed by atoms with Crippen molar-refractivity contribution < 1.29 is 30.6 Å². The Morgan fingerprint density at radius 2 is 0.880 bits per heavy atom. The van der Waals surface area contributed by atoms with E-state index in [0.29, 0.717) is 0 Å². The van der Waals surface area contributed by atoms with Crippen LogP contribution in [-0.4, -0.2) is 30.6 Å². The quantitative estimate of drug-likeness (QED) is 0.265. The molecule has 0 fully saturated rings. The highest BCUT2D eigenvalue weighted by Gasteiger charge is 1.96. The predicted octanol–water partition coefficient (Wildman–Crippen LogP) is 3.95. The molecule has 132 valence electrons. The molecular formula is C18H17ClO6. The Morgan fingerprint density at radius 1 is 0.480 bits per heavy atom. The summed E-state index contributed by atoms with van der Waals surface area (Å²) in [5, 5.41) is 52.3. The van der Waals surface area contributed by atoms with Gasteiger partial charge in [-0.05, 0) is 48.5 Å². The molecule has 0 aliphatic rings. The molecule has 0 saturated heterocycles. The molecule has 0 amide bonds. The van der Waals surface area contributed by atoms with Gasteiger partial charge in [-0.15, -0.1) is 0 Å². The third-order valence-corrected chi connectivity index (χ3v) is 2.97. The Bertz CT molecular complexity index is 748. The van der Waals surface area contributed by atoms with Crippen molar-refractivity contribution >= 4 is 11.6 Å². The maximum Gasteiger partial charge on any atom is 0.157 e. The standard InChI is InChI=1S/C6H5ClO2.2C6H6O2/c7-5-3-4(8)1-2-6(5)9;7-5-1-2-6(8)4-3-5;7-5-3-1-2-4-6(5)8/h1-3,8-9H;2*1-4,7-8H. The van der Waals surface area contributed by atoms with Crippen molar-refractivity contribution in [3.05, 3.63) is 71.8 Å². The molecule has 0 saturated carbocycles. The van der Waals surface area contributed by atoms with E-state index >= 15 is 0 Å². The molecule has 0 atom stereocenters. The molecule has 0 aromatic heterocycles. The average molecular weight is 365 g/mol. The fraction of sp³-hybridized carbons (Fsp3) is 0. The molecule has 25 heavy (non-hydrogen) atoms. The summed E-state index contributed by atoms with van der Waals surface area (Å²) in [6.07, 6.45) is 0. The number of phenolic OH excluding ortho intramolecular Hbond substituents is 6. The van der Waals surface area contributed by atoms with Crippen LogP contribution in [-0.2, 0) is 0 Å². The predicted molar refractivity (Wildman–Crippen MR) is 94.3 cm³/mol. The zero-order chi connectivity index (χ0) is 18.8. The van der Waals surface area contributed by atoms with Gasteiger partial charge in [-0.25, -0.2) is 0 Å². The molecule has 3 rings (SSSR count). The lowest BCUT2D eigenvalue weighted by molar-refractivity contribution is 0.404. The van der Waals surface area contributed by atoms with Crippen LogP contribution >= 0.6 is 11.6 Å². The number of benzene rings is 3. The average Bonchev–Trinajstić information content (AvgIpc) is 2.58. The van der Waals surface area contributed by atoms with Gasteiger partial charge in [-0.2, -0.15) is 0 Å². The molecule has 0 spiro atoms. The van der Waals surface area contributed by atoms with Crippen molar-refractivity contribution in [3.63, 3.8) is 0 Å². The van der Waals surface area contributed by atoms with E-state index in [4.69, 9.17) is 42.2 Å². The van der Waals surface area contributed by atoms with Gasteiger partial charge in [0.25, 0.3) is 0 Å². The summed E-state index contributed by atoms with van der Waals surface area (Å²) in [5.74, 6) is 0.220. The largest absolute Gasteiger partial charge is 0.508 e. The minimum absolute atomic E-state index is 0.0190. The van der Waals surface area contributed by atoms with Crippen molar-refractivity contribution in [2.75, 3.05) is 0 Å². The molecule has 0 unspecified atom stereocenters. The van der Waals surface area contributed by atoms with Crippen LogP contribution in [0.2, 0.25) is 5.02 Å². The summed E-state index contributed by atoms with van der Waals surface area (Å²) in [6, 6.07) is 15.8. The highest BCUT2D eigenvalue weighted by Crippen LogP contribution is 2.26. The highest BCUT2D eigenvalue weighted by molar-refractivity contribution is 6.32. The minimum Gasteiger partial charge on any atom is -0.508 e. The first-order valence-corrected chi connectivity index (χ1v) is 7.30. The Balaban J connectivity index is 0.000000188. The second-order valence-electron chi connectivity index (χ2n) is 4.64. The molecule has 6 nitrogen and oxygen atoms in total. The molecule has 0 heterocycles. The number of phenols is 6. The summed E-state index contributed by atoms with van der Waals surface area (Å²) in [6.45, 7) is 0. The van der Waals surface area contributed by atoms with E-state index in [0.717, 1.165) is 0 Å². The Labute approximate surface area is 149 Å². The van der Waals surface area contributed by atoms with E-state index in [2.05, 4.69) is 0 Å². The van der Waals surface area contributed by atoms with E-state index in [1.165, 1.54) is 54.6 Å². The third-order valence-electron chi connectivity index (χ3n) is 2.66. The smallest absolute Gasteiger partial charge is 0.157 e. The van der Waals surface area contributed by atoms with Gasteiger partial charge in [0, 0.05) is 6.07 Å².